The lowest BCUT2D eigenvalue weighted by atomic mass is 10.2. The second-order valence-electron chi connectivity index (χ2n) is 4.28. The van der Waals surface area contributed by atoms with Crippen LogP contribution in [0.3, 0.4) is 0 Å². The Morgan fingerprint density at radius 2 is 2.11 bits per heavy atom. The number of hydrogen-bond acceptors (Lipinski definition) is 4. The van der Waals surface area contributed by atoms with Crippen molar-refractivity contribution in [2.75, 3.05) is 0 Å². The van der Waals surface area contributed by atoms with Gasteiger partial charge in [-0.3, -0.25) is 9.55 Å². The Balaban J connectivity index is 2.11. The molecule has 88 valence electrons. The standard InChI is InChI=1S/C13H10N4S/c1-8-15-16-12-7-18-13-9-4-2-3-5-10(9)14-6-11(13)17(8)12/h2-6H,7H2,1H3. The molecule has 0 saturated heterocycles. The Bertz CT molecular complexity index is 763. The van der Waals surface area contributed by atoms with Crippen molar-refractivity contribution in [3.05, 3.63) is 42.1 Å². The molecule has 0 unspecified atom stereocenters. The molecule has 0 amide bonds. The molecule has 0 bridgehead atoms. The summed E-state index contributed by atoms with van der Waals surface area (Å²) in [4.78, 5) is 5.80. The summed E-state index contributed by atoms with van der Waals surface area (Å²) in [7, 11) is 0. The second-order valence-corrected chi connectivity index (χ2v) is 5.26. The molecule has 0 radical (unpaired) electrons. The van der Waals surface area contributed by atoms with Crippen LogP contribution in [-0.4, -0.2) is 19.7 Å². The maximum Gasteiger partial charge on any atom is 0.148 e. The maximum absolute atomic E-state index is 4.52. The minimum Gasteiger partial charge on any atom is -0.280 e. The highest BCUT2D eigenvalue weighted by Gasteiger charge is 2.22. The largest absolute Gasteiger partial charge is 0.280 e. The molecular formula is C13H10N4S. The van der Waals surface area contributed by atoms with E-state index in [1.54, 1.807) is 0 Å². The topological polar surface area (TPSA) is 43.6 Å². The normalized spacial score (nSPS) is 13.4. The highest BCUT2D eigenvalue weighted by Crippen LogP contribution is 2.38. The van der Waals surface area contributed by atoms with Crippen LogP contribution in [0.2, 0.25) is 0 Å². The molecular weight excluding hydrogens is 244 g/mol. The molecule has 0 saturated carbocycles. The molecule has 3 heterocycles. The number of fused-ring (bicyclic) bond motifs is 5. The van der Waals surface area contributed by atoms with Crippen LogP contribution in [0.4, 0.5) is 0 Å². The first-order chi connectivity index (χ1) is 8.84. The number of para-hydroxylation sites is 1. The Labute approximate surface area is 108 Å². The first kappa shape index (κ1) is 10.1. The number of aryl methyl sites for hydroxylation is 1. The molecule has 0 N–H and O–H groups in total. The van der Waals surface area contributed by atoms with Gasteiger partial charge in [-0.1, -0.05) is 18.2 Å². The highest BCUT2D eigenvalue weighted by molar-refractivity contribution is 7.99. The molecule has 4 rings (SSSR count). The van der Waals surface area contributed by atoms with Crippen LogP contribution < -0.4 is 0 Å². The molecule has 5 heteroatoms. The van der Waals surface area contributed by atoms with Crippen molar-refractivity contribution in [2.45, 2.75) is 17.6 Å². The SMILES string of the molecule is Cc1nnc2n1-c1cnc3ccccc3c1SC2. The second kappa shape index (κ2) is 3.55. The van der Waals surface area contributed by atoms with Gasteiger partial charge in [0.15, 0.2) is 0 Å². The van der Waals surface area contributed by atoms with Gasteiger partial charge in [-0.15, -0.1) is 22.0 Å². The van der Waals surface area contributed by atoms with Gasteiger partial charge in [0.05, 0.1) is 23.2 Å². The van der Waals surface area contributed by atoms with Crippen molar-refractivity contribution in [3.63, 3.8) is 0 Å². The lowest BCUT2D eigenvalue weighted by Gasteiger charge is -2.19. The smallest absolute Gasteiger partial charge is 0.148 e. The molecule has 0 fully saturated rings. The fraction of sp³-hybridized carbons (Fsp3) is 0.154. The maximum atomic E-state index is 4.52. The quantitative estimate of drug-likeness (QED) is 0.618. The summed E-state index contributed by atoms with van der Waals surface area (Å²) >= 11 is 1.81. The summed E-state index contributed by atoms with van der Waals surface area (Å²) < 4.78 is 2.10. The Kier molecular flexibility index (Phi) is 1.99. The van der Waals surface area contributed by atoms with Crippen molar-refractivity contribution >= 4 is 22.7 Å². The number of nitrogens with zero attached hydrogens (tertiary/aromatic N) is 4. The minimum atomic E-state index is 0.863. The van der Waals surface area contributed by atoms with Crippen molar-refractivity contribution in [3.8, 4) is 5.69 Å². The first-order valence-corrected chi connectivity index (χ1v) is 6.75. The average Bonchev–Trinajstić information content (AvgIpc) is 2.80. The van der Waals surface area contributed by atoms with Gasteiger partial charge in [0.25, 0.3) is 0 Å². The van der Waals surface area contributed by atoms with Gasteiger partial charge in [-0.2, -0.15) is 0 Å². The Morgan fingerprint density at radius 1 is 1.22 bits per heavy atom. The van der Waals surface area contributed by atoms with E-state index >= 15 is 0 Å². The van der Waals surface area contributed by atoms with Crippen molar-refractivity contribution in [1.29, 1.82) is 0 Å². The van der Waals surface area contributed by atoms with Gasteiger partial charge in [-0.05, 0) is 13.0 Å². The van der Waals surface area contributed by atoms with E-state index in [-0.39, 0.29) is 0 Å². The predicted molar refractivity (Wildman–Crippen MR) is 71.0 cm³/mol. The van der Waals surface area contributed by atoms with E-state index < -0.39 is 0 Å². The third kappa shape index (κ3) is 1.25. The average molecular weight is 254 g/mol. The molecule has 1 aliphatic rings. The van der Waals surface area contributed by atoms with Crippen LogP contribution in [0.15, 0.2) is 35.4 Å². The van der Waals surface area contributed by atoms with Crippen molar-refractivity contribution in [2.24, 2.45) is 0 Å². The summed E-state index contributed by atoms with van der Waals surface area (Å²) in [5.74, 6) is 2.78. The van der Waals surface area contributed by atoms with Crippen molar-refractivity contribution < 1.29 is 0 Å². The summed E-state index contributed by atoms with van der Waals surface area (Å²) in [6.07, 6.45) is 1.92. The summed E-state index contributed by atoms with van der Waals surface area (Å²) in [5.41, 5.74) is 2.14. The number of benzene rings is 1. The lowest BCUT2D eigenvalue weighted by molar-refractivity contribution is 0.892. The third-order valence-electron chi connectivity index (χ3n) is 3.19. The Hall–Kier alpha value is -1.88. The van der Waals surface area contributed by atoms with Gasteiger partial charge in [0.2, 0.25) is 0 Å². The van der Waals surface area contributed by atoms with Crippen LogP contribution in [0, 0.1) is 6.92 Å². The zero-order valence-corrected chi connectivity index (χ0v) is 10.6. The monoisotopic (exact) mass is 254 g/mol. The van der Waals surface area contributed by atoms with E-state index in [9.17, 15) is 0 Å². The van der Waals surface area contributed by atoms with Crippen molar-refractivity contribution in [1.82, 2.24) is 19.7 Å². The molecule has 1 aromatic carbocycles. The van der Waals surface area contributed by atoms with Gasteiger partial charge >= 0.3 is 0 Å². The molecule has 0 spiro atoms. The zero-order chi connectivity index (χ0) is 12.1. The van der Waals surface area contributed by atoms with Gasteiger partial charge in [-0.25, -0.2) is 0 Å². The van der Waals surface area contributed by atoms with E-state index in [0.29, 0.717) is 0 Å². The number of aromatic nitrogens is 4. The fourth-order valence-electron chi connectivity index (χ4n) is 2.37. The van der Waals surface area contributed by atoms with Gasteiger partial charge in [0, 0.05) is 10.3 Å². The number of hydrogen-bond donors (Lipinski definition) is 0. The van der Waals surface area contributed by atoms with Crippen LogP contribution in [0.25, 0.3) is 16.6 Å². The summed E-state index contributed by atoms with van der Waals surface area (Å²) in [5, 5.41) is 9.56. The fourth-order valence-corrected chi connectivity index (χ4v) is 3.45. The van der Waals surface area contributed by atoms with E-state index in [4.69, 9.17) is 0 Å². The third-order valence-corrected chi connectivity index (χ3v) is 4.31. The highest BCUT2D eigenvalue weighted by atomic mass is 32.2. The van der Waals surface area contributed by atoms with Crippen LogP contribution in [0.1, 0.15) is 11.6 Å². The molecule has 2 aromatic heterocycles. The van der Waals surface area contributed by atoms with E-state index in [0.717, 1.165) is 28.6 Å². The van der Waals surface area contributed by atoms with Crippen LogP contribution >= 0.6 is 11.8 Å². The molecule has 1 aliphatic heterocycles. The van der Waals surface area contributed by atoms with E-state index in [1.807, 2.05) is 37.0 Å². The van der Waals surface area contributed by atoms with Gasteiger partial charge in [0.1, 0.15) is 11.6 Å². The van der Waals surface area contributed by atoms with Crippen LogP contribution in [0.5, 0.6) is 0 Å². The van der Waals surface area contributed by atoms with E-state index in [1.165, 1.54) is 10.3 Å². The lowest BCUT2D eigenvalue weighted by Crippen LogP contribution is -2.09. The van der Waals surface area contributed by atoms with E-state index in [2.05, 4.69) is 31.9 Å². The first-order valence-electron chi connectivity index (χ1n) is 5.76. The van der Waals surface area contributed by atoms with Gasteiger partial charge < -0.3 is 0 Å². The minimum absolute atomic E-state index is 0.863. The number of thioether (sulfide) groups is 1. The zero-order valence-electron chi connectivity index (χ0n) is 9.79. The Morgan fingerprint density at radius 3 is 3.06 bits per heavy atom. The number of rotatable bonds is 0. The summed E-state index contributed by atoms with van der Waals surface area (Å²) in [6, 6.07) is 8.24. The predicted octanol–water partition coefficient (Wildman–Crippen LogP) is 2.73. The molecule has 18 heavy (non-hydrogen) atoms. The van der Waals surface area contributed by atoms with Crippen LogP contribution in [-0.2, 0) is 5.75 Å². The molecule has 3 aromatic rings. The summed E-state index contributed by atoms with van der Waals surface area (Å²) in [6.45, 7) is 1.98. The molecule has 4 nitrogen and oxygen atoms in total. The molecule has 0 atom stereocenters. The number of pyridine rings is 1. The molecule has 0 aliphatic carbocycles.